The number of nitrogens with one attached hydrogen (secondary N) is 1. The summed E-state index contributed by atoms with van der Waals surface area (Å²) in [6.07, 6.45) is -2.96. The van der Waals surface area contributed by atoms with E-state index in [1.54, 1.807) is 19.1 Å². The SMILES string of the molecule is C=C(/N=C(OC)\C(=C/C)CNC(=O)c1nc(-c2ccc(OC)c3nc(C(F)(F)F)ccc23)oc1CN)OC. The predicted molar refractivity (Wildman–Crippen MR) is 133 cm³/mol. The van der Waals surface area contributed by atoms with Crippen LogP contribution in [0.5, 0.6) is 5.75 Å². The number of ether oxygens (including phenoxy) is 3. The highest BCUT2D eigenvalue weighted by Gasteiger charge is 2.33. The van der Waals surface area contributed by atoms with Gasteiger partial charge in [0.25, 0.3) is 5.91 Å². The Kier molecular flexibility index (Phi) is 8.73. The smallest absolute Gasteiger partial charge is 0.433 e. The molecule has 0 saturated heterocycles. The number of nitrogens with two attached hydrogens (primary N) is 1. The Morgan fingerprint density at radius 3 is 2.50 bits per heavy atom. The number of amides is 1. The molecule has 2 heterocycles. The van der Waals surface area contributed by atoms with E-state index in [-0.39, 0.29) is 58.9 Å². The van der Waals surface area contributed by atoms with Gasteiger partial charge < -0.3 is 29.7 Å². The number of alkyl halides is 3. The van der Waals surface area contributed by atoms with Crippen LogP contribution in [-0.2, 0) is 22.2 Å². The first-order valence-electron chi connectivity index (χ1n) is 11.1. The third kappa shape index (κ3) is 5.94. The van der Waals surface area contributed by atoms with Crippen LogP contribution in [0.2, 0.25) is 0 Å². The second-order valence-electron chi connectivity index (χ2n) is 7.62. The Morgan fingerprint density at radius 2 is 1.92 bits per heavy atom. The van der Waals surface area contributed by atoms with Crippen LogP contribution < -0.4 is 15.8 Å². The molecule has 0 unspecified atom stereocenters. The number of hydrogen-bond acceptors (Lipinski definition) is 9. The van der Waals surface area contributed by atoms with E-state index in [4.69, 9.17) is 24.4 Å². The number of aromatic nitrogens is 2. The van der Waals surface area contributed by atoms with Crippen molar-refractivity contribution in [2.45, 2.75) is 19.6 Å². The summed E-state index contributed by atoms with van der Waals surface area (Å²) in [5.74, 6) is -0.110. The summed E-state index contributed by atoms with van der Waals surface area (Å²) in [6.45, 7) is 5.21. The first kappa shape index (κ1) is 28.2. The van der Waals surface area contributed by atoms with Gasteiger partial charge in [-0.3, -0.25) is 4.79 Å². The fraction of sp³-hybridized carbons (Fsp3) is 0.280. The number of aliphatic imine (C=N–C) groups is 1. The van der Waals surface area contributed by atoms with Crippen molar-refractivity contribution >= 4 is 22.7 Å². The summed E-state index contributed by atoms with van der Waals surface area (Å²) in [4.78, 5) is 25.1. The number of methoxy groups -OCH3 is 3. The lowest BCUT2D eigenvalue weighted by Crippen LogP contribution is -2.29. The number of rotatable bonds is 9. The van der Waals surface area contributed by atoms with E-state index in [0.717, 1.165) is 6.07 Å². The van der Waals surface area contributed by atoms with Gasteiger partial charge >= 0.3 is 6.18 Å². The molecule has 1 aromatic carbocycles. The number of hydrogen-bond donors (Lipinski definition) is 2. The lowest BCUT2D eigenvalue weighted by Gasteiger charge is -2.11. The molecule has 13 heteroatoms. The summed E-state index contributed by atoms with van der Waals surface area (Å²) in [7, 11) is 4.14. The number of halogens is 3. The maximum Gasteiger partial charge on any atom is 0.433 e. The molecule has 0 aliphatic heterocycles. The number of nitrogens with zero attached hydrogens (tertiary/aromatic N) is 3. The van der Waals surface area contributed by atoms with Gasteiger partial charge in [-0.15, -0.1) is 0 Å². The van der Waals surface area contributed by atoms with Gasteiger partial charge in [0.2, 0.25) is 17.7 Å². The summed E-state index contributed by atoms with van der Waals surface area (Å²) < 4.78 is 60.9. The van der Waals surface area contributed by atoms with Crippen LogP contribution in [0, 0.1) is 0 Å². The number of carbonyl (C=O) groups is 1. The minimum atomic E-state index is -4.65. The maximum atomic E-state index is 13.3. The van der Waals surface area contributed by atoms with Crippen molar-refractivity contribution in [3.8, 4) is 17.2 Å². The van der Waals surface area contributed by atoms with Crippen molar-refractivity contribution in [2.75, 3.05) is 27.9 Å². The van der Waals surface area contributed by atoms with Crippen molar-refractivity contribution in [1.29, 1.82) is 0 Å². The first-order chi connectivity index (χ1) is 18.1. The minimum Gasteiger partial charge on any atom is -0.494 e. The van der Waals surface area contributed by atoms with Crippen LogP contribution in [0.3, 0.4) is 0 Å². The molecule has 0 fully saturated rings. The lowest BCUT2D eigenvalue weighted by atomic mass is 10.1. The van der Waals surface area contributed by atoms with Crippen LogP contribution >= 0.6 is 0 Å². The Hall–Kier alpha value is -4.39. The Morgan fingerprint density at radius 1 is 1.18 bits per heavy atom. The number of oxazole rings is 1. The van der Waals surface area contributed by atoms with E-state index in [9.17, 15) is 18.0 Å². The molecule has 10 nitrogen and oxygen atoms in total. The molecule has 38 heavy (non-hydrogen) atoms. The van der Waals surface area contributed by atoms with Crippen molar-refractivity contribution in [2.24, 2.45) is 10.7 Å². The molecule has 0 saturated carbocycles. The maximum absolute atomic E-state index is 13.3. The summed E-state index contributed by atoms with van der Waals surface area (Å²) in [5.41, 5.74) is 5.41. The summed E-state index contributed by atoms with van der Waals surface area (Å²) in [5, 5.41) is 2.98. The van der Waals surface area contributed by atoms with Gasteiger partial charge in [-0.2, -0.15) is 18.2 Å². The Labute approximate surface area is 216 Å². The van der Waals surface area contributed by atoms with Crippen molar-refractivity contribution in [3.63, 3.8) is 0 Å². The van der Waals surface area contributed by atoms with Gasteiger partial charge in [-0.05, 0) is 37.8 Å². The highest BCUT2D eigenvalue weighted by molar-refractivity contribution is 5.99. The zero-order valence-electron chi connectivity index (χ0n) is 21.1. The molecule has 3 rings (SSSR count). The van der Waals surface area contributed by atoms with Crippen LogP contribution in [0.1, 0.15) is 28.9 Å². The van der Waals surface area contributed by atoms with E-state index < -0.39 is 17.8 Å². The van der Waals surface area contributed by atoms with Crippen LogP contribution in [0.4, 0.5) is 13.2 Å². The van der Waals surface area contributed by atoms with Crippen molar-refractivity contribution < 1.29 is 36.6 Å². The van der Waals surface area contributed by atoms with Gasteiger partial charge in [0.05, 0.1) is 27.9 Å². The van der Waals surface area contributed by atoms with Gasteiger partial charge in [0, 0.05) is 23.1 Å². The Balaban J connectivity index is 1.96. The quantitative estimate of drug-likeness (QED) is 0.237. The van der Waals surface area contributed by atoms with Gasteiger partial charge in [-0.25, -0.2) is 9.97 Å². The second kappa shape index (κ2) is 11.8. The minimum absolute atomic E-state index is 0.0147. The number of allylic oxidation sites excluding steroid dienone is 1. The van der Waals surface area contributed by atoms with Crippen molar-refractivity contribution in [3.05, 3.63) is 65.5 Å². The van der Waals surface area contributed by atoms with E-state index in [1.807, 2.05) is 0 Å². The molecule has 0 atom stereocenters. The molecule has 0 radical (unpaired) electrons. The molecule has 2 aromatic heterocycles. The van der Waals surface area contributed by atoms with Crippen LogP contribution in [-0.4, -0.2) is 49.6 Å². The fourth-order valence-corrected chi connectivity index (χ4v) is 3.45. The molecule has 0 aliphatic carbocycles. The Bertz CT molecular complexity index is 1410. The average Bonchev–Trinajstić information content (AvgIpc) is 3.35. The molecule has 3 N–H and O–H groups in total. The molecule has 1 amide bonds. The molecule has 0 bridgehead atoms. The number of benzene rings is 1. The standard InChI is InChI=1S/C25H26F3N5O5/c1-6-14(23(37-5)31-13(2)35-3)12-30-22(34)21-18(11-29)38-24(33-21)16-7-9-17(36-4)20-15(16)8-10-19(32-20)25(26,27)28/h6-10H,2,11-12,29H2,1,3-5H3,(H,30,34)/b14-6-,31-23+. The number of carbonyl (C=O) groups excluding carboxylic acids is 1. The summed E-state index contributed by atoms with van der Waals surface area (Å²) >= 11 is 0. The van der Waals surface area contributed by atoms with E-state index in [2.05, 4.69) is 26.9 Å². The highest BCUT2D eigenvalue weighted by Crippen LogP contribution is 2.36. The third-order valence-corrected chi connectivity index (χ3v) is 5.38. The zero-order valence-corrected chi connectivity index (χ0v) is 21.1. The normalized spacial score (nSPS) is 12.4. The van der Waals surface area contributed by atoms with Crippen molar-refractivity contribution in [1.82, 2.24) is 15.3 Å². The first-order valence-corrected chi connectivity index (χ1v) is 11.1. The monoisotopic (exact) mass is 533 g/mol. The topological polar surface area (TPSA) is 134 Å². The number of pyridine rings is 1. The third-order valence-electron chi connectivity index (χ3n) is 5.38. The fourth-order valence-electron chi connectivity index (χ4n) is 3.45. The van der Waals surface area contributed by atoms with Gasteiger partial charge in [0.15, 0.2) is 11.5 Å². The van der Waals surface area contributed by atoms with Crippen LogP contribution in [0.15, 0.2) is 57.8 Å². The van der Waals surface area contributed by atoms with E-state index >= 15 is 0 Å². The predicted octanol–water partition coefficient (Wildman–Crippen LogP) is 4.21. The summed E-state index contributed by atoms with van der Waals surface area (Å²) in [6, 6.07) is 5.07. The molecule has 0 aliphatic rings. The molecule has 3 aromatic rings. The second-order valence-corrected chi connectivity index (χ2v) is 7.62. The largest absolute Gasteiger partial charge is 0.494 e. The molecular weight excluding hydrogens is 507 g/mol. The zero-order chi connectivity index (χ0) is 28.0. The number of fused-ring (bicyclic) bond motifs is 1. The molecule has 202 valence electrons. The van der Waals surface area contributed by atoms with E-state index in [1.165, 1.54) is 33.5 Å². The van der Waals surface area contributed by atoms with Gasteiger partial charge in [-0.1, -0.05) is 6.08 Å². The lowest BCUT2D eigenvalue weighted by molar-refractivity contribution is -0.140. The highest BCUT2D eigenvalue weighted by atomic mass is 19.4. The van der Waals surface area contributed by atoms with Crippen LogP contribution in [0.25, 0.3) is 22.4 Å². The average molecular weight is 534 g/mol. The van der Waals surface area contributed by atoms with Gasteiger partial charge in [0.1, 0.15) is 17.0 Å². The molecule has 0 spiro atoms. The van der Waals surface area contributed by atoms with E-state index in [0.29, 0.717) is 11.1 Å². The molecular formula is C25H26F3N5O5.